The zero-order valence-corrected chi connectivity index (χ0v) is 13.4. The van der Waals surface area contributed by atoms with Gasteiger partial charge >= 0.3 is 0 Å². The number of nitrogens with zero attached hydrogens (tertiary/aromatic N) is 2. The van der Waals surface area contributed by atoms with Crippen molar-refractivity contribution in [3.8, 4) is 5.75 Å². The zero-order chi connectivity index (χ0) is 15.4. The largest absolute Gasteiger partial charge is 0.496 e. The topological polar surface area (TPSA) is 47.0 Å². The molecule has 0 bridgehead atoms. The van der Waals surface area contributed by atoms with E-state index < -0.39 is 0 Å². The molecule has 0 spiro atoms. The zero-order valence-electron chi connectivity index (χ0n) is 13.4. The fourth-order valence-electron chi connectivity index (χ4n) is 2.63. The van der Waals surface area contributed by atoms with Crippen LogP contribution in [-0.4, -0.2) is 24.1 Å². The summed E-state index contributed by atoms with van der Waals surface area (Å²) in [4.78, 5) is 8.86. The molecule has 0 saturated carbocycles. The molecule has 1 N–H and O–H groups in total. The van der Waals surface area contributed by atoms with E-state index in [-0.39, 0.29) is 6.04 Å². The molecular weight excluding hydrogens is 262 g/mol. The van der Waals surface area contributed by atoms with Crippen LogP contribution in [0.25, 0.3) is 0 Å². The molecule has 0 saturated heterocycles. The van der Waals surface area contributed by atoms with Gasteiger partial charge in [0.15, 0.2) is 0 Å². The molecule has 2 aromatic heterocycles. The molecule has 0 aliphatic carbocycles. The van der Waals surface area contributed by atoms with Gasteiger partial charge in [0.2, 0.25) is 0 Å². The van der Waals surface area contributed by atoms with E-state index in [4.69, 9.17) is 4.74 Å². The SMILES string of the molecule is CNC(Cc1ncc(C)c(OC)c1C)c1cncc(C)c1. The number of hydrogen-bond acceptors (Lipinski definition) is 4. The highest BCUT2D eigenvalue weighted by molar-refractivity contribution is 5.41. The first kappa shape index (κ1) is 15.4. The average molecular weight is 285 g/mol. The minimum atomic E-state index is 0.191. The second-order valence-corrected chi connectivity index (χ2v) is 5.39. The molecule has 1 unspecified atom stereocenters. The maximum absolute atomic E-state index is 5.48. The number of aromatic nitrogens is 2. The van der Waals surface area contributed by atoms with E-state index in [1.54, 1.807) is 7.11 Å². The summed E-state index contributed by atoms with van der Waals surface area (Å²) in [6.07, 6.45) is 6.47. The molecule has 4 nitrogen and oxygen atoms in total. The van der Waals surface area contributed by atoms with Gasteiger partial charge in [-0.2, -0.15) is 0 Å². The van der Waals surface area contributed by atoms with Crippen LogP contribution in [0.3, 0.4) is 0 Å². The molecule has 0 aliphatic heterocycles. The van der Waals surface area contributed by atoms with Crippen molar-refractivity contribution in [1.82, 2.24) is 15.3 Å². The van der Waals surface area contributed by atoms with Crippen LogP contribution in [0.5, 0.6) is 5.75 Å². The summed E-state index contributed by atoms with van der Waals surface area (Å²) in [5.41, 5.74) is 5.57. The van der Waals surface area contributed by atoms with Crippen molar-refractivity contribution in [2.75, 3.05) is 14.2 Å². The smallest absolute Gasteiger partial charge is 0.128 e. The number of rotatable bonds is 5. The van der Waals surface area contributed by atoms with E-state index in [0.29, 0.717) is 0 Å². The molecular formula is C17H23N3O. The minimum Gasteiger partial charge on any atom is -0.496 e. The fraction of sp³-hybridized carbons (Fsp3) is 0.412. The monoisotopic (exact) mass is 285 g/mol. The molecule has 112 valence electrons. The van der Waals surface area contributed by atoms with Crippen LogP contribution in [0.15, 0.2) is 24.7 Å². The van der Waals surface area contributed by atoms with Crippen molar-refractivity contribution in [1.29, 1.82) is 0 Å². The van der Waals surface area contributed by atoms with E-state index in [1.165, 1.54) is 11.1 Å². The van der Waals surface area contributed by atoms with E-state index in [0.717, 1.165) is 29.0 Å². The summed E-state index contributed by atoms with van der Waals surface area (Å²) in [5.74, 6) is 0.928. The first-order valence-corrected chi connectivity index (χ1v) is 7.14. The van der Waals surface area contributed by atoms with Crippen molar-refractivity contribution in [3.05, 3.63) is 52.6 Å². The normalized spacial score (nSPS) is 12.2. The Morgan fingerprint density at radius 3 is 2.57 bits per heavy atom. The molecule has 0 radical (unpaired) electrons. The van der Waals surface area contributed by atoms with Crippen molar-refractivity contribution < 1.29 is 4.74 Å². The van der Waals surface area contributed by atoms with Crippen molar-refractivity contribution >= 4 is 0 Å². The quantitative estimate of drug-likeness (QED) is 0.917. The van der Waals surface area contributed by atoms with Gasteiger partial charge in [0.25, 0.3) is 0 Å². The molecule has 2 aromatic rings. The number of pyridine rings is 2. The predicted octanol–water partition coefficient (Wildman–Crippen LogP) is 2.91. The molecule has 0 amide bonds. The third-order valence-corrected chi connectivity index (χ3v) is 3.79. The number of methoxy groups -OCH3 is 1. The van der Waals surface area contributed by atoms with E-state index >= 15 is 0 Å². The Morgan fingerprint density at radius 2 is 1.95 bits per heavy atom. The Bertz CT molecular complexity index is 625. The van der Waals surface area contributed by atoms with Gasteiger partial charge in [0, 0.05) is 47.9 Å². The first-order chi connectivity index (χ1) is 10.1. The van der Waals surface area contributed by atoms with Crippen LogP contribution in [0.1, 0.15) is 34.0 Å². The number of likely N-dealkylation sites (N-methyl/N-ethyl adjacent to an activating group) is 1. The highest BCUT2D eigenvalue weighted by Crippen LogP contribution is 2.27. The molecule has 0 fully saturated rings. The Hall–Kier alpha value is -1.94. The molecule has 21 heavy (non-hydrogen) atoms. The van der Waals surface area contributed by atoms with Crippen LogP contribution in [0.2, 0.25) is 0 Å². The summed E-state index contributed by atoms with van der Waals surface area (Å²) >= 11 is 0. The molecule has 0 aliphatic rings. The van der Waals surface area contributed by atoms with Crippen molar-refractivity contribution in [2.24, 2.45) is 0 Å². The lowest BCUT2D eigenvalue weighted by molar-refractivity contribution is 0.406. The number of aryl methyl sites for hydroxylation is 2. The molecule has 2 heterocycles. The standard InChI is InChI=1S/C17H23N3O/c1-11-6-14(10-19-8-11)16(18-4)7-15-13(3)17(21-5)12(2)9-20-15/h6,8-10,16,18H,7H2,1-5H3. The van der Waals surface area contributed by atoms with Crippen LogP contribution in [-0.2, 0) is 6.42 Å². The highest BCUT2D eigenvalue weighted by Gasteiger charge is 2.16. The molecule has 0 aromatic carbocycles. The van der Waals surface area contributed by atoms with Crippen LogP contribution in [0.4, 0.5) is 0 Å². The van der Waals surface area contributed by atoms with Gasteiger partial charge in [-0.1, -0.05) is 6.07 Å². The van der Waals surface area contributed by atoms with Crippen molar-refractivity contribution in [2.45, 2.75) is 33.2 Å². The van der Waals surface area contributed by atoms with Gasteiger partial charge in [-0.25, -0.2) is 0 Å². The summed E-state index contributed by atoms with van der Waals surface area (Å²) in [6, 6.07) is 2.35. The van der Waals surface area contributed by atoms with Gasteiger partial charge in [0.05, 0.1) is 7.11 Å². The molecule has 4 heteroatoms. The van der Waals surface area contributed by atoms with Gasteiger partial charge in [-0.3, -0.25) is 9.97 Å². The van der Waals surface area contributed by atoms with Crippen LogP contribution >= 0.6 is 0 Å². The maximum atomic E-state index is 5.48. The lowest BCUT2D eigenvalue weighted by atomic mass is 9.99. The Morgan fingerprint density at radius 1 is 1.19 bits per heavy atom. The molecule has 2 rings (SSSR count). The Balaban J connectivity index is 2.31. The second-order valence-electron chi connectivity index (χ2n) is 5.39. The number of ether oxygens (including phenoxy) is 1. The minimum absolute atomic E-state index is 0.191. The summed E-state index contributed by atoms with van der Waals surface area (Å²) < 4.78 is 5.48. The summed E-state index contributed by atoms with van der Waals surface area (Å²) in [5, 5.41) is 3.35. The van der Waals surface area contributed by atoms with Crippen LogP contribution in [0, 0.1) is 20.8 Å². The second kappa shape index (κ2) is 6.68. The van der Waals surface area contributed by atoms with Crippen molar-refractivity contribution in [3.63, 3.8) is 0 Å². The van der Waals surface area contributed by atoms with E-state index in [9.17, 15) is 0 Å². The van der Waals surface area contributed by atoms with Gasteiger partial charge in [-0.15, -0.1) is 0 Å². The third kappa shape index (κ3) is 3.39. The fourth-order valence-corrected chi connectivity index (χ4v) is 2.63. The third-order valence-electron chi connectivity index (χ3n) is 3.79. The highest BCUT2D eigenvalue weighted by atomic mass is 16.5. The van der Waals surface area contributed by atoms with Gasteiger partial charge < -0.3 is 10.1 Å². The lowest BCUT2D eigenvalue weighted by Crippen LogP contribution is -2.20. The average Bonchev–Trinajstić information content (AvgIpc) is 2.47. The summed E-state index contributed by atoms with van der Waals surface area (Å²) in [7, 11) is 3.67. The van der Waals surface area contributed by atoms with E-state index in [1.807, 2.05) is 32.6 Å². The first-order valence-electron chi connectivity index (χ1n) is 7.14. The Kier molecular flexibility index (Phi) is 4.91. The van der Waals surface area contributed by atoms with Gasteiger partial charge in [-0.05, 0) is 38.9 Å². The Labute approximate surface area is 126 Å². The number of hydrogen-bond donors (Lipinski definition) is 1. The van der Waals surface area contributed by atoms with Crippen LogP contribution < -0.4 is 10.1 Å². The summed E-state index contributed by atoms with van der Waals surface area (Å²) in [6.45, 7) is 6.14. The predicted molar refractivity (Wildman–Crippen MR) is 84.7 cm³/mol. The number of nitrogens with one attached hydrogen (secondary N) is 1. The van der Waals surface area contributed by atoms with E-state index in [2.05, 4.69) is 35.2 Å². The molecule has 1 atom stereocenters. The lowest BCUT2D eigenvalue weighted by Gasteiger charge is -2.19. The van der Waals surface area contributed by atoms with Gasteiger partial charge in [0.1, 0.15) is 5.75 Å². The maximum Gasteiger partial charge on any atom is 0.128 e.